The van der Waals surface area contributed by atoms with E-state index in [1.807, 2.05) is 6.07 Å². The number of hydrogen-bond donors (Lipinski definition) is 2. The standard InChI is InChI=1S/C19H24FNO4/c20-14-6-4-5-13(11-14)19(9-2-1-3-10-19)12-21-17(22)15-7-8-16(25-15)18(23)24/h4-6,11,15-16H,1-3,7-10,12H2,(H,21,22)(H,23,24)/t15-,16+/m0/s1. The van der Waals surface area contributed by atoms with E-state index in [0.29, 0.717) is 19.4 Å². The third-order valence-corrected chi connectivity index (χ3v) is 5.44. The zero-order valence-electron chi connectivity index (χ0n) is 14.2. The molecule has 2 aliphatic rings. The maximum absolute atomic E-state index is 13.7. The summed E-state index contributed by atoms with van der Waals surface area (Å²) in [6, 6.07) is 6.62. The van der Waals surface area contributed by atoms with E-state index in [2.05, 4.69) is 5.32 Å². The number of halogens is 1. The first-order valence-electron chi connectivity index (χ1n) is 8.92. The second-order valence-electron chi connectivity index (χ2n) is 7.10. The number of carbonyl (C=O) groups excluding carboxylic acids is 1. The lowest BCUT2D eigenvalue weighted by atomic mass is 9.69. The molecule has 0 bridgehead atoms. The Hall–Kier alpha value is -1.95. The molecule has 0 radical (unpaired) electrons. The number of carboxylic acid groups (broad SMARTS) is 1. The van der Waals surface area contributed by atoms with E-state index in [9.17, 15) is 14.0 Å². The van der Waals surface area contributed by atoms with Crippen molar-refractivity contribution in [2.24, 2.45) is 0 Å². The van der Waals surface area contributed by atoms with Gasteiger partial charge in [-0.2, -0.15) is 0 Å². The van der Waals surface area contributed by atoms with Gasteiger partial charge in [-0.05, 0) is 43.4 Å². The predicted octanol–water partition coefficient (Wildman–Crippen LogP) is 2.78. The molecule has 3 rings (SSSR count). The van der Waals surface area contributed by atoms with Crippen LogP contribution in [0.5, 0.6) is 0 Å². The molecule has 1 aliphatic heterocycles. The highest BCUT2D eigenvalue weighted by atomic mass is 19.1. The van der Waals surface area contributed by atoms with Crippen molar-refractivity contribution < 1.29 is 23.8 Å². The number of benzene rings is 1. The third kappa shape index (κ3) is 4.00. The minimum Gasteiger partial charge on any atom is -0.479 e. The molecule has 2 fully saturated rings. The number of nitrogens with one attached hydrogen (secondary N) is 1. The summed E-state index contributed by atoms with van der Waals surface area (Å²) in [7, 11) is 0. The van der Waals surface area contributed by atoms with Gasteiger partial charge in [-0.25, -0.2) is 9.18 Å². The van der Waals surface area contributed by atoms with Crippen LogP contribution in [0.2, 0.25) is 0 Å². The summed E-state index contributed by atoms with van der Waals surface area (Å²) in [4.78, 5) is 23.3. The highest BCUT2D eigenvalue weighted by Gasteiger charge is 2.38. The maximum atomic E-state index is 13.7. The highest BCUT2D eigenvalue weighted by molar-refractivity contribution is 5.82. The van der Waals surface area contributed by atoms with Gasteiger partial charge in [-0.3, -0.25) is 4.79 Å². The Labute approximate surface area is 146 Å². The SMILES string of the molecule is O=C(NCC1(c2cccc(F)c2)CCCCC1)[C@@H]1CC[C@H](C(=O)O)O1. The predicted molar refractivity (Wildman–Crippen MR) is 89.7 cm³/mol. The molecule has 1 aromatic rings. The van der Waals surface area contributed by atoms with Crippen molar-refractivity contribution in [2.75, 3.05) is 6.54 Å². The quantitative estimate of drug-likeness (QED) is 0.857. The molecule has 2 atom stereocenters. The fourth-order valence-electron chi connectivity index (χ4n) is 4.00. The van der Waals surface area contributed by atoms with Gasteiger partial charge in [0.1, 0.15) is 11.9 Å². The van der Waals surface area contributed by atoms with Crippen molar-refractivity contribution in [1.82, 2.24) is 5.32 Å². The van der Waals surface area contributed by atoms with Gasteiger partial charge in [-0.1, -0.05) is 31.4 Å². The molecular formula is C19H24FNO4. The van der Waals surface area contributed by atoms with Crippen LogP contribution in [0.3, 0.4) is 0 Å². The van der Waals surface area contributed by atoms with Crippen LogP contribution in [0.15, 0.2) is 24.3 Å². The van der Waals surface area contributed by atoms with Crippen molar-refractivity contribution in [3.8, 4) is 0 Å². The molecule has 0 aromatic heterocycles. The number of hydrogen-bond acceptors (Lipinski definition) is 3. The molecule has 1 heterocycles. The van der Waals surface area contributed by atoms with Crippen LogP contribution in [0.4, 0.5) is 4.39 Å². The normalized spacial score (nSPS) is 25.5. The van der Waals surface area contributed by atoms with E-state index in [4.69, 9.17) is 9.84 Å². The topological polar surface area (TPSA) is 75.6 Å². The Bertz CT molecular complexity index is 642. The Morgan fingerprint density at radius 1 is 1.20 bits per heavy atom. The maximum Gasteiger partial charge on any atom is 0.332 e. The minimum atomic E-state index is -1.03. The molecule has 1 aromatic carbocycles. The van der Waals surface area contributed by atoms with Gasteiger partial charge in [0.15, 0.2) is 6.10 Å². The molecule has 5 nitrogen and oxygen atoms in total. The molecule has 1 saturated heterocycles. The third-order valence-electron chi connectivity index (χ3n) is 5.44. The molecule has 1 saturated carbocycles. The average molecular weight is 349 g/mol. The Morgan fingerprint density at radius 3 is 2.56 bits per heavy atom. The second-order valence-corrected chi connectivity index (χ2v) is 7.10. The Morgan fingerprint density at radius 2 is 1.92 bits per heavy atom. The second kappa shape index (κ2) is 7.52. The number of carbonyl (C=O) groups is 2. The van der Waals surface area contributed by atoms with Crippen molar-refractivity contribution in [3.05, 3.63) is 35.6 Å². The number of aliphatic carboxylic acids is 1. The zero-order chi connectivity index (χ0) is 17.9. The van der Waals surface area contributed by atoms with Gasteiger partial charge >= 0.3 is 5.97 Å². The van der Waals surface area contributed by atoms with E-state index in [1.54, 1.807) is 12.1 Å². The van der Waals surface area contributed by atoms with Crippen molar-refractivity contribution >= 4 is 11.9 Å². The molecule has 2 N–H and O–H groups in total. The summed E-state index contributed by atoms with van der Waals surface area (Å²) in [5.41, 5.74) is 0.657. The van der Waals surface area contributed by atoms with Crippen LogP contribution in [0, 0.1) is 5.82 Å². The van der Waals surface area contributed by atoms with Gasteiger partial charge in [0.2, 0.25) is 5.91 Å². The van der Waals surface area contributed by atoms with E-state index < -0.39 is 18.2 Å². The minimum absolute atomic E-state index is 0.263. The number of rotatable bonds is 5. The van der Waals surface area contributed by atoms with Crippen molar-refractivity contribution in [1.29, 1.82) is 0 Å². The Balaban J connectivity index is 1.67. The number of amides is 1. The molecule has 25 heavy (non-hydrogen) atoms. The highest BCUT2D eigenvalue weighted by Crippen LogP contribution is 2.39. The van der Waals surface area contributed by atoms with Gasteiger partial charge in [0.05, 0.1) is 0 Å². The summed E-state index contributed by atoms with van der Waals surface area (Å²) < 4.78 is 19.0. The monoisotopic (exact) mass is 349 g/mol. The summed E-state index contributed by atoms with van der Waals surface area (Å²) in [5.74, 6) is -1.57. The lowest BCUT2D eigenvalue weighted by Crippen LogP contribution is -2.45. The zero-order valence-corrected chi connectivity index (χ0v) is 14.2. The first kappa shape index (κ1) is 17.9. The van der Waals surface area contributed by atoms with Crippen LogP contribution in [0.1, 0.15) is 50.5 Å². The van der Waals surface area contributed by atoms with Gasteiger partial charge in [-0.15, -0.1) is 0 Å². The van der Waals surface area contributed by atoms with Crippen LogP contribution in [-0.2, 0) is 19.7 Å². The lowest BCUT2D eigenvalue weighted by molar-refractivity contribution is -0.151. The number of carboxylic acids is 1. The van der Waals surface area contributed by atoms with E-state index in [1.165, 1.54) is 6.07 Å². The molecule has 0 spiro atoms. The van der Waals surface area contributed by atoms with Crippen LogP contribution >= 0.6 is 0 Å². The Kier molecular flexibility index (Phi) is 5.37. The molecule has 1 aliphatic carbocycles. The van der Waals surface area contributed by atoms with Gasteiger partial charge in [0, 0.05) is 12.0 Å². The van der Waals surface area contributed by atoms with E-state index in [-0.39, 0.29) is 17.1 Å². The van der Waals surface area contributed by atoms with E-state index >= 15 is 0 Å². The largest absolute Gasteiger partial charge is 0.479 e. The fourth-order valence-corrected chi connectivity index (χ4v) is 4.00. The van der Waals surface area contributed by atoms with Crippen molar-refractivity contribution in [2.45, 2.75) is 62.6 Å². The first-order valence-corrected chi connectivity index (χ1v) is 8.92. The summed E-state index contributed by atoms with van der Waals surface area (Å²) >= 11 is 0. The molecular weight excluding hydrogens is 325 g/mol. The van der Waals surface area contributed by atoms with Gasteiger partial charge < -0.3 is 15.2 Å². The molecule has 136 valence electrons. The summed E-state index contributed by atoms with van der Waals surface area (Å²) in [6.07, 6.45) is 4.20. The smallest absolute Gasteiger partial charge is 0.332 e. The first-order chi connectivity index (χ1) is 12.0. The van der Waals surface area contributed by atoms with Crippen LogP contribution in [0.25, 0.3) is 0 Å². The van der Waals surface area contributed by atoms with Gasteiger partial charge in [0.25, 0.3) is 0 Å². The van der Waals surface area contributed by atoms with Crippen LogP contribution < -0.4 is 5.32 Å². The molecule has 6 heteroatoms. The number of ether oxygens (including phenoxy) is 1. The lowest BCUT2D eigenvalue weighted by Gasteiger charge is -2.38. The molecule has 1 amide bonds. The van der Waals surface area contributed by atoms with Crippen LogP contribution in [-0.4, -0.2) is 35.7 Å². The fraction of sp³-hybridized carbons (Fsp3) is 0.579. The molecule has 0 unspecified atom stereocenters. The van der Waals surface area contributed by atoms with E-state index in [0.717, 1.165) is 37.7 Å². The summed E-state index contributed by atoms with van der Waals surface area (Å²) in [6.45, 7) is 0.423. The summed E-state index contributed by atoms with van der Waals surface area (Å²) in [5, 5.41) is 11.9. The average Bonchev–Trinajstić information content (AvgIpc) is 3.11. The van der Waals surface area contributed by atoms with Crippen molar-refractivity contribution in [3.63, 3.8) is 0 Å².